The van der Waals surface area contributed by atoms with E-state index in [1.807, 2.05) is 44.2 Å². The largest absolute Gasteiger partial charge is 0.352 e. The van der Waals surface area contributed by atoms with Crippen molar-refractivity contribution in [2.45, 2.75) is 45.1 Å². The van der Waals surface area contributed by atoms with Crippen molar-refractivity contribution >= 4 is 11.8 Å². The third kappa shape index (κ3) is 4.09. The molecule has 0 saturated carbocycles. The minimum atomic E-state index is -0.562. The van der Waals surface area contributed by atoms with Crippen molar-refractivity contribution < 1.29 is 14.1 Å². The van der Waals surface area contributed by atoms with Crippen LogP contribution in [-0.2, 0) is 16.0 Å². The van der Waals surface area contributed by atoms with Crippen LogP contribution in [0, 0.1) is 0 Å². The topological polar surface area (TPSA) is 88.3 Å². The van der Waals surface area contributed by atoms with Gasteiger partial charge in [-0.25, -0.2) is 0 Å². The molecule has 138 valence electrons. The van der Waals surface area contributed by atoms with Crippen molar-refractivity contribution in [3.63, 3.8) is 0 Å². The first-order chi connectivity index (χ1) is 12.6. The number of nitrogens with one attached hydrogen (secondary N) is 1. The molecule has 2 heterocycles. The quantitative estimate of drug-likeness (QED) is 0.857. The van der Waals surface area contributed by atoms with E-state index < -0.39 is 6.04 Å². The van der Waals surface area contributed by atoms with Crippen molar-refractivity contribution in [3.05, 3.63) is 47.6 Å². The first-order valence-electron chi connectivity index (χ1n) is 9.01. The van der Waals surface area contributed by atoms with E-state index in [2.05, 4.69) is 15.5 Å². The van der Waals surface area contributed by atoms with Crippen LogP contribution in [0.2, 0.25) is 0 Å². The van der Waals surface area contributed by atoms with Gasteiger partial charge in [-0.1, -0.05) is 49.3 Å². The zero-order chi connectivity index (χ0) is 18.5. The maximum absolute atomic E-state index is 12.7. The van der Waals surface area contributed by atoms with Gasteiger partial charge in [0.1, 0.15) is 6.04 Å². The van der Waals surface area contributed by atoms with E-state index >= 15 is 0 Å². The smallest absolute Gasteiger partial charge is 0.247 e. The number of aromatic nitrogens is 2. The normalized spacial score (nSPS) is 17.4. The molecular formula is C19H24N4O3. The van der Waals surface area contributed by atoms with Gasteiger partial charge in [-0.15, -0.1) is 0 Å². The fourth-order valence-corrected chi connectivity index (χ4v) is 3.04. The number of aryl methyl sites for hydroxylation is 1. The summed E-state index contributed by atoms with van der Waals surface area (Å²) in [7, 11) is 0. The molecule has 0 unspecified atom stereocenters. The Hall–Kier alpha value is -2.70. The molecule has 1 N–H and O–H groups in total. The van der Waals surface area contributed by atoms with Crippen LogP contribution in [0.3, 0.4) is 0 Å². The van der Waals surface area contributed by atoms with Crippen LogP contribution >= 0.6 is 0 Å². The lowest BCUT2D eigenvalue weighted by Gasteiger charge is -2.35. The molecule has 0 bridgehead atoms. The van der Waals surface area contributed by atoms with Crippen molar-refractivity contribution in [3.8, 4) is 0 Å². The lowest BCUT2D eigenvalue weighted by atomic mass is 10.0. The Morgan fingerprint density at radius 3 is 2.81 bits per heavy atom. The van der Waals surface area contributed by atoms with Crippen LogP contribution < -0.4 is 5.32 Å². The molecule has 26 heavy (non-hydrogen) atoms. The van der Waals surface area contributed by atoms with E-state index in [-0.39, 0.29) is 17.7 Å². The summed E-state index contributed by atoms with van der Waals surface area (Å²) < 4.78 is 5.21. The fourth-order valence-electron chi connectivity index (χ4n) is 3.04. The molecule has 0 radical (unpaired) electrons. The Balaban J connectivity index is 1.60. The Labute approximate surface area is 152 Å². The fraction of sp³-hybridized carbons (Fsp3) is 0.474. The summed E-state index contributed by atoms with van der Waals surface area (Å²) in [6.45, 7) is 5.00. The van der Waals surface area contributed by atoms with E-state index in [1.165, 1.54) is 0 Å². The molecule has 3 rings (SSSR count). The van der Waals surface area contributed by atoms with Gasteiger partial charge < -0.3 is 14.7 Å². The van der Waals surface area contributed by atoms with Crippen LogP contribution in [0.15, 0.2) is 34.9 Å². The van der Waals surface area contributed by atoms with Gasteiger partial charge in [0.2, 0.25) is 17.7 Å². The van der Waals surface area contributed by atoms with Gasteiger partial charge in [-0.3, -0.25) is 9.59 Å². The minimum absolute atomic E-state index is 0.0303. The maximum Gasteiger partial charge on any atom is 0.247 e. The Morgan fingerprint density at radius 1 is 1.35 bits per heavy atom. The molecule has 0 aliphatic carbocycles. The van der Waals surface area contributed by atoms with Crippen LogP contribution in [0.4, 0.5) is 0 Å². The van der Waals surface area contributed by atoms with Gasteiger partial charge in [0.15, 0.2) is 5.82 Å². The molecule has 0 spiro atoms. The lowest BCUT2D eigenvalue weighted by molar-refractivity contribution is -0.143. The number of amides is 2. The maximum atomic E-state index is 12.7. The molecular weight excluding hydrogens is 332 g/mol. The van der Waals surface area contributed by atoms with Crippen LogP contribution in [0.1, 0.15) is 55.9 Å². The minimum Gasteiger partial charge on any atom is -0.352 e. The van der Waals surface area contributed by atoms with Gasteiger partial charge in [0, 0.05) is 31.8 Å². The van der Waals surface area contributed by atoms with Crippen molar-refractivity contribution in [2.75, 3.05) is 13.1 Å². The molecule has 2 aromatic rings. The standard InChI is InChI=1S/C19H24N4O3/c1-13(2)18-21-15(26-22-18)9-6-10-16(24)23-12-11-20-19(25)17(23)14-7-4-3-5-8-14/h3-5,7-8,13,17H,6,9-12H2,1-2H3,(H,20,25)/t17-/m0/s1. The lowest BCUT2D eigenvalue weighted by Crippen LogP contribution is -2.52. The van der Waals surface area contributed by atoms with E-state index in [0.717, 1.165) is 5.56 Å². The highest BCUT2D eigenvalue weighted by atomic mass is 16.5. The molecule has 7 nitrogen and oxygen atoms in total. The number of hydrogen-bond acceptors (Lipinski definition) is 5. The summed E-state index contributed by atoms with van der Waals surface area (Å²) in [6.07, 6.45) is 1.51. The van der Waals surface area contributed by atoms with Crippen molar-refractivity contribution in [1.29, 1.82) is 0 Å². The average molecular weight is 356 g/mol. The molecule has 7 heteroatoms. The summed E-state index contributed by atoms with van der Waals surface area (Å²) in [5.74, 6) is 1.29. The SMILES string of the molecule is CC(C)c1noc(CCCC(=O)N2CCNC(=O)[C@@H]2c2ccccc2)n1. The highest BCUT2D eigenvalue weighted by Crippen LogP contribution is 2.24. The number of piperazine rings is 1. The molecule has 1 aromatic heterocycles. The second-order valence-corrected chi connectivity index (χ2v) is 6.75. The van der Waals surface area contributed by atoms with Crippen molar-refractivity contribution in [1.82, 2.24) is 20.4 Å². The molecule has 2 amide bonds. The monoisotopic (exact) mass is 356 g/mol. The van der Waals surface area contributed by atoms with Crippen LogP contribution in [0.25, 0.3) is 0 Å². The van der Waals surface area contributed by atoms with Gasteiger partial charge in [-0.2, -0.15) is 4.98 Å². The van der Waals surface area contributed by atoms with Crippen LogP contribution in [0.5, 0.6) is 0 Å². The second-order valence-electron chi connectivity index (χ2n) is 6.75. The predicted molar refractivity (Wildman–Crippen MR) is 95.2 cm³/mol. The average Bonchev–Trinajstić information content (AvgIpc) is 3.11. The zero-order valence-electron chi connectivity index (χ0n) is 15.1. The number of rotatable bonds is 6. The third-order valence-corrected chi connectivity index (χ3v) is 4.43. The number of nitrogens with zero attached hydrogens (tertiary/aromatic N) is 3. The highest BCUT2D eigenvalue weighted by molar-refractivity contribution is 5.89. The van der Waals surface area contributed by atoms with E-state index in [9.17, 15) is 9.59 Å². The van der Waals surface area contributed by atoms with Crippen molar-refractivity contribution in [2.24, 2.45) is 0 Å². The Bertz CT molecular complexity index is 757. The molecule has 1 aliphatic rings. The summed E-state index contributed by atoms with van der Waals surface area (Å²) in [5.41, 5.74) is 0.830. The first kappa shape index (κ1) is 18.1. The van der Waals surface area contributed by atoms with E-state index in [4.69, 9.17) is 4.52 Å². The number of hydrogen-bond donors (Lipinski definition) is 1. The predicted octanol–water partition coefficient (Wildman–Crippen LogP) is 2.22. The summed E-state index contributed by atoms with van der Waals surface area (Å²) >= 11 is 0. The van der Waals surface area contributed by atoms with Gasteiger partial charge in [0.05, 0.1) is 0 Å². The molecule has 1 saturated heterocycles. The summed E-state index contributed by atoms with van der Waals surface area (Å²) in [5, 5.41) is 6.78. The third-order valence-electron chi connectivity index (χ3n) is 4.43. The molecule has 1 aromatic carbocycles. The zero-order valence-corrected chi connectivity index (χ0v) is 15.1. The number of benzene rings is 1. The molecule has 1 aliphatic heterocycles. The number of carbonyl (C=O) groups excluding carboxylic acids is 2. The van der Waals surface area contributed by atoms with Crippen LogP contribution in [-0.4, -0.2) is 39.9 Å². The summed E-state index contributed by atoms with van der Waals surface area (Å²) in [4.78, 5) is 31.0. The van der Waals surface area contributed by atoms with Gasteiger partial charge in [0.25, 0.3) is 0 Å². The Kier molecular flexibility index (Phi) is 5.65. The van der Waals surface area contributed by atoms with E-state index in [0.29, 0.717) is 44.1 Å². The van der Waals surface area contributed by atoms with E-state index in [1.54, 1.807) is 4.90 Å². The Morgan fingerprint density at radius 2 is 2.12 bits per heavy atom. The highest BCUT2D eigenvalue weighted by Gasteiger charge is 2.33. The molecule has 1 atom stereocenters. The second kappa shape index (κ2) is 8.12. The van der Waals surface area contributed by atoms with Gasteiger partial charge >= 0.3 is 0 Å². The molecule has 1 fully saturated rings. The number of carbonyl (C=O) groups is 2. The summed E-state index contributed by atoms with van der Waals surface area (Å²) in [6, 6.07) is 8.84. The van der Waals surface area contributed by atoms with Gasteiger partial charge in [-0.05, 0) is 12.0 Å². The first-order valence-corrected chi connectivity index (χ1v) is 9.01.